The van der Waals surface area contributed by atoms with E-state index in [1.54, 1.807) is 12.0 Å². The Balaban J connectivity index is 1.43. The van der Waals surface area contributed by atoms with Gasteiger partial charge < -0.3 is 19.9 Å². The quantitative estimate of drug-likeness (QED) is 0.469. The average molecular weight is 543 g/mol. The van der Waals surface area contributed by atoms with E-state index < -0.39 is 15.6 Å². The molecular weight excluding hydrogens is 504 g/mol. The van der Waals surface area contributed by atoms with Gasteiger partial charge in [0, 0.05) is 25.3 Å². The zero-order chi connectivity index (χ0) is 27.2. The van der Waals surface area contributed by atoms with Crippen LogP contribution in [0, 0.1) is 0 Å². The molecule has 2 aliphatic rings. The number of unbranched alkanes of at least 4 members (excludes halogenated alkanes) is 1. The van der Waals surface area contributed by atoms with Crippen LogP contribution in [0.1, 0.15) is 38.2 Å². The van der Waals surface area contributed by atoms with E-state index in [1.807, 2.05) is 66.4 Å². The third-order valence-electron chi connectivity index (χ3n) is 7.52. The van der Waals surface area contributed by atoms with Gasteiger partial charge in [-0.1, -0.05) is 49.7 Å². The molecule has 0 aliphatic carbocycles. The first kappa shape index (κ1) is 27.9. The summed E-state index contributed by atoms with van der Waals surface area (Å²) in [5, 5.41) is 2.93. The number of piperidine rings is 1. The van der Waals surface area contributed by atoms with Crippen molar-refractivity contribution >= 4 is 27.5 Å². The summed E-state index contributed by atoms with van der Waals surface area (Å²) in [6, 6.07) is 17.4. The van der Waals surface area contributed by atoms with Crippen LogP contribution in [0.3, 0.4) is 0 Å². The number of carbonyl (C=O) groups excluding carboxylic acids is 2. The SMILES string of the molecule is CCCCS(=O)(=O)N1CCC2(CC1)C(=O)N(CC(=O)NCCc1ccccc1OC)CN2c1ccccc1. The van der Waals surface area contributed by atoms with Gasteiger partial charge in [0.25, 0.3) is 0 Å². The Morgan fingerprint density at radius 3 is 2.42 bits per heavy atom. The summed E-state index contributed by atoms with van der Waals surface area (Å²) in [6.07, 6.45) is 2.83. The minimum Gasteiger partial charge on any atom is -0.496 e. The second kappa shape index (κ2) is 12.2. The normalized spacial score (nSPS) is 17.7. The first-order valence-electron chi connectivity index (χ1n) is 13.3. The standard InChI is InChI=1S/C28H38N4O5S/c1-3-4-20-38(35,36)31-18-15-28(16-19-31)27(34)30(22-32(28)24-11-6-5-7-12-24)21-26(33)29-17-14-23-10-8-9-13-25(23)37-2/h5-13H,3-4,14-22H2,1-2H3,(H,29,33). The van der Waals surface area contributed by atoms with Gasteiger partial charge in [0.15, 0.2) is 0 Å². The Morgan fingerprint density at radius 1 is 1.05 bits per heavy atom. The summed E-state index contributed by atoms with van der Waals surface area (Å²) >= 11 is 0. The molecule has 2 amide bonds. The predicted octanol–water partition coefficient (Wildman–Crippen LogP) is 2.62. The first-order chi connectivity index (χ1) is 18.3. The molecule has 38 heavy (non-hydrogen) atoms. The molecule has 0 bridgehead atoms. The molecule has 2 fully saturated rings. The van der Waals surface area contributed by atoms with E-state index in [2.05, 4.69) is 5.32 Å². The van der Waals surface area contributed by atoms with Gasteiger partial charge in [-0.15, -0.1) is 0 Å². The minimum atomic E-state index is -3.35. The third kappa shape index (κ3) is 5.96. The van der Waals surface area contributed by atoms with E-state index in [-0.39, 0.29) is 30.8 Å². The van der Waals surface area contributed by atoms with Crippen LogP contribution in [0.15, 0.2) is 54.6 Å². The molecule has 2 aliphatic heterocycles. The van der Waals surface area contributed by atoms with Gasteiger partial charge in [-0.25, -0.2) is 12.7 Å². The molecule has 0 atom stereocenters. The van der Waals surface area contributed by atoms with Gasteiger partial charge in [0.1, 0.15) is 17.8 Å². The second-order valence-corrected chi connectivity index (χ2v) is 12.0. The van der Waals surface area contributed by atoms with E-state index in [0.29, 0.717) is 45.3 Å². The second-order valence-electron chi connectivity index (χ2n) is 9.92. The van der Waals surface area contributed by atoms with Gasteiger partial charge in [0.05, 0.1) is 19.5 Å². The summed E-state index contributed by atoms with van der Waals surface area (Å²) in [5.41, 5.74) is 1.03. The molecule has 10 heteroatoms. The number of anilines is 1. The summed E-state index contributed by atoms with van der Waals surface area (Å²) in [6.45, 7) is 3.22. The Bertz CT molecular complexity index is 1210. The highest BCUT2D eigenvalue weighted by molar-refractivity contribution is 7.89. The van der Waals surface area contributed by atoms with Crippen molar-refractivity contribution in [3.63, 3.8) is 0 Å². The number of sulfonamides is 1. The van der Waals surface area contributed by atoms with Crippen LogP contribution in [-0.4, -0.2) is 80.7 Å². The molecule has 2 heterocycles. The lowest BCUT2D eigenvalue weighted by atomic mass is 9.86. The summed E-state index contributed by atoms with van der Waals surface area (Å²) in [4.78, 5) is 30.3. The zero-order valence-corrected chi connectivity index (χ0v) is 23.1. The van der Waals surface area contributed by atoms with E-state index in [9.17, 15) is 18.0 Å². The number of nitrogens with one attached hydrogen (secondary N) is 1. The highest BCUT2D eigenvalue weighted by Gasteiger charge is 2.54. The molecule has 1 N–H and O–H groups in total. The lowest BCUT2D eigenvalue weighted by molar-refractivity contribution is -0.137. The maximum Gasteiger partial charge on any atom is 0.250 e. The number of ether oxygens (including phenoxy) is 1. The van der Waals surface area contributed by atoms with Gasteiger partial charge in [0.2, 0.25) is 21.8 Å². The number of amides is 2. The number of benzene rings is 2. The van der Waals surface area contributed by atoms with Crippen LogP contribution in [-0.2, 0) is 26.0 Å². The van der Waals surface area contributed by atoms with Crippen molar-refractivity contribution in [1.29, 1.82) is 0 Å². The predicted molar refractivity (Wildman–Crippen MR) is 147 cm³/mol. The van der Waals surface area contributed by atoms with Crippen LogP contribution in [0.4, 0.5) is 5.69 Å². The summed E-state index contributed by atoms with van der Waals surface area (Å²) in [7, 11) is -1.72. The molecule has 4 rings (SSSR count). The van der Waals surface area contributed by atoms with E-state index >= 15 is 0 Å². The maximum absolute atomic E-state index is 13.8. The molecule has 2 aromatic rings. The average Bonchev–Trinajstić information content (AvgIpc) is 3.19. The number of para-hydroxylation sites is 2. The smallest absolute Gasteiger partial charge is 0.250 e. The van der Waals surface area contributed by atoms with Crippen molar-refractivity contribution < 1.29 is 22.7 Å². The van der Waals surface area contributed by atoms with Gasteiger partial charge in [-0.2, -0.15) is 0 Å². The van der Waals surface area contributed by atoms with E-state index in [0.717, 1.165) is 23.4 Å². The van der Waals surface area contributed by atoms with Crippen LogP contribution >= 0.6 is 0 Å². The molecular formula is C28H38N4O5S. The Hall–Kier alpha value is -3.11. The number of nitrogens with zero attached hydrogens (tertiary/aromatic N) is 3. The number of methoxy groups -OCH3 is 1. The fraction of sp³-hybridized carbons (Fsp3) is 0.500. The first-order valence-corrected chi connectivity index (χ1v) is 14.9. The largest absolute Gasteiger partial charge is 0.496 e. The minimum absolute atomic E-state index is 0.0473. The van der Waals surface area contributed by atoms with Gasteiger partial charge in [-0.3, -0.25) is 9.59 Å². The highest BCUT2D eigenvalue weighted by atomic mass is 32.2. The molecule has 0 radical (unpaired) electrons. The maximum atomic E-state index is 13.8. The summed E-state index contributed by atoms with van der Waals surface area (Å²) < 4.78 is 32.5. The lowest BCUT2D eigenvalue weighted by Crippen LogP contribution is -2.57. The Labute approximate surface area is 225 Å². The highest BCUT2D eigenvalue weighted by Crippen LogP contribution is 2.40. The van der Waals surface area contributed by atoms with Crippen LogP contribution < -0.4 is 15.0 Å². The van der Waals surface area contributed by atoms with Crippen molar-refractivity contribution in [2.75, 3.05) is 50.6 Å². The zero-order valence-electron chi connectivity index (χ0n) is 22.3. The molecule has 0 aromatic heterocycles. The van der Waals surface area contributed by atoms with Crippen molar-refractivity contribution in [1.82, 2.24) is 14.5 Å². The van der Waals surface area contributed by atoms with Crippen LogP contribution in [0.5, 0.6) is 5.75 Å². The Morgan fingerprint density at radius 2 is 1.74 bits per heavy atom. The van der Waals surface area contributed by atoms with E-state index in [4.69, 9.17) is 4.74 Å². The topological polar surface area (TPSA) is 99.3 Å². The van der Waals surface area contributed by atoms with Crippen LogP contribution in [0.2, 0.25) is 0 Å². The van der Waals surface area contributed by atoms with Crippen molar-refractivity contribution in [2.24, 2.45) is 0 Å². The van der Waals surface area contributed by atoms with Crippen LogP contribution in [0.25, 0.3) is 0 Å². The fourth-order valence-electron chi connectivity index (χ4n) is 5.39. The number of hydrogen-bond donors (Lipinski definition) is 1. The molecule has 2 aromatic carbocycles. The number of carbonyl (C=O) groups is 2. The molecule has 9 nitrogen and oxygen atoms in total. The summed E-state index contributed by atoms with van der Waals surface area (Å²) in [5.74, 6) is 0.568. The molecule has 1 spiro atoms. The monoisotopic (exact) mass is 542 g/mol. The van der Waals surface area contributed by atoms with Crippen molar-refractivity contribution in [3.05, 3.63) is 60.2 Å². The fourth-order valence-corrected chi connectivity index (χ4v) is 7.04. The lowest BCUT2D eigenvalue weighted by Gasteiger charge is -2.42. The third-order valence-corrected chi connectivity index (χ3v) is 9.48. The van der Waals surface area contributed by atoms with Crippen molar-refractivity contribution in [2.45, 2.75) is 44.6 Å². The molecule has 2 saturated heterocycles. The number of rotatable bonds is 11. The van der Waals surface area contributed by atoms with Gasteiger partial charge >= 0.3 is 0 Å². The molecule has 206 valence electrons. The van der Waals surface area contributed by atoms with Gasteiger partial charge in [-0.05, 0) is 49.4 Å². The van der Waals surface area contributed by atoms with Crippen molar-refractivity contribution in [3.8, 4) is 5.75 Å². The van der Waals surface area contributed by atoms with E-state index in [1.165, 1.54) is 4.31 Å². The number of hydrogen-bond acceptors (Lipinski definition) is 6. The Kier molecular flexibility index (Phi) is 8.94. The molecule has 0 unspecified atom stereocenters. The molecule has 0 saturated carbocycles.